The third-order valence-electron chi connectivity index (χ3n) is 4.05. The third-order valence-corrected chi connectivity index (χ3v) is 4.05. The lowest BCUT2D eigenvalue weighted by atomic mass is 9.89. The lowest BCUT2D eigenvalue weighted by Gasteiger charge is -2.36. The maximum Gasteiger partial charge on any atom is 0.236 e. The highest BCUT2D eigenvalue weighted by Gasteiger charge is 2.40. The molecule has 2 aliphatic rings. The minimum Gasteiger partial charge on any atom is -0.383 e. The second-order valence-corrected chi connectivity index (χ2v) is 5.55. The van der Waals surface area contributed by atoms with Crippen molar-refractivity contribution >= 4 is 5.91 Å². The lowest BCUT2D eigenvalue weighted by molar-refractivity contribution is -0.179. The Hall–Kier alpha value is -0.690. The molecule has 0 radical (unpaired) electrons. The number of hydrogen-bond acceptors (Lipinski definition) is 5. The maximum atomic E-state index is 11.9. The fourth-order valence-electron chi connectivity index (χ4n) is 2.87. The fourth-order valence-corrected chi connectivity index (χ4v) is 2.87. The molecule has 2 N–H and O–H groups in total. The van der Waals surface area contributed by atoms with Crippen LogP contribution in [0.15, 0.2) is 0 Å². The summed E-state index contributed by atoms with van der Waals surface area (Å²) in [5.74, 6) is -0.307. The summed E-state index contributed by atoms with van der Waals surface area (Å²) in [5.41, 5.74) is 0. The number of ether oxygens (including phenoxy) is 3. The Morgan fingerprint density at radius 2 is 2.00 bits per heavy atom. The Balaban J connectivity index is 1.67. The summed E-state index contributed by atoms with van der Waals surface area (Å²) in [6, 6.07) is 0.174. The van der Waals surface area contributed by atoms with Crippen molar-refractivity contribution in [2.75, 3.05) is 33.5 Å². The van der Waals surface area contributed by atoms with Gasteiger partial charge in [-0.25, -0.2) is 0 Å². The first-order valence-corrected chi connectivity index (χ1v) is 7.46. The average Bonchev–Trinajstić information content (AvgIpc) is 2.90. The van der Waals surface area contributed by atoms with Crippen LogP contribution >= 0.6 is 0 Å². The molecule has 0 aromatic heterocycles. The second-order valence-electron chi connectivity index (χ2n) is 5.55. The molecule has 6 nitrogen and oxygen atoms in total. The summed E-state index contributed by atoms with van der Waals surface area (Å²) in [5, 5.41) is 6.23. The van der Waals surface area contributed by atoms with E-state index < -0.39 is 0 Å². The number of carbonyl (C=O) groups is 1. The molecule has 1 saturated heterocycles. The topological polar surface area (TPSA) is 68.8 Å². The largest absolute Gasteiger partial charge is 0.383 e. The van der Waals surface area contributed by atoms with E-state index in [9.17, 15) is 4.79 Å². The highest BCUT2D eigenvalue weighted by atomic mass is 16.7. The molecule has 116 valence electrons. The molecule has 1 aliphatic heterocycles. The number of amides is 1. The molecule has 1 spiro atoms. The first kappa shape index (κ1) is 15.7. The van der Waals surface area contributed by atoms with Crippen molar-refractivity contribution in [2.45, 2.75) is 50.5 Å². The van der Waals surface area contributed by atoms with E-state index in [0.717, 1.165) is 25.7 Å². The molecule has 1 amide bonds. The van der Waals surface area contributed by atoms with Gasteiger partial charge in [0, 0.05) is 32.5 Å². The SMILES string of the molecule is COCCNC(=O)C(C)NC1CCC2(CC1)OCCO2. The summed E-state index contributed by atoms with van der Waals surface area (Å²) < 4.78 is 16.3. The van der Waals surface area contributed by atoms with Gasteiger partial charge in [0.1, 0.15) is 0 Å². The van der Waals surface area contributed by atoms with Crippen molar-refractivity contribution in [1.29, 1.82) is 0 Å². The van der Waals surface area contributed by atoms with Crippen molar-refractivity contribution in [3.8, 4) is 0 Å². The van der Waals surface area contributed by atoms with Crippen LogP contribution in [0, 0.1) is 0 Å². The summed E-state index contributed by atoms with van der Waals surface area (Å²) in [6.07, 6.45) is 3.77. The Kier molecular flexibility index (Phi) is 5.77. The van der Waals surface area contributed by atoms with Crippen molar-refractivity contribution in [2.24, 2.45) is 0 Å². The predicted molar refractivity (Wildman–Crippen MR) is 74.4 cm³/mol. The quantitative estimate of drug-likeness (QED) is 0.692. The zero-order chi connectivity index (χ0) is 14.4. The minimum atomic E-state index is -0.331. The lowest BCUT2D eigenvalue weighted by Crippen LogP contribution is -2.50. The molecule has 1 unspecified atom stereocenters. The fraction of sp³-hybridized carbons (Fsp3) is 0.929. The van der Waals surface area contributed by atoms with E-state index in [1.54, 1.807) is 7.11 Å². The second kappa shape index (κ2) is 7.36. The molecule has 1 atom stereocenters. The molecule has 6 heteroatoms. The minimum absolute atomic E-state index is 0.0238. The highest BCUT2D eigenvalue weighted by Crippen LogP contribution is 2.35. The van der Waals surface area contributed by atoms with Gasteiger partial charge in [0.15, 0.2) is 5.79 Å². The number of methoxy groups -OCH3 is 1. The first-order chi connectivity index (χ1) is 9.65. The van der Waals surface area contributed by atoms with Gasteiger partial charge in [-0.1, -0.05) is 0 Å². The van der Waals surface area contributed by atoms with Gasteiger partial charge in [0.2, 0.25) is 5.91 Å². The zero-order valence-electron chi connectivity index (χ0n) is 12.4. The van der Waals surface area contributed by atoms with Gasteiger partial charge in [-0.2, -0.15) is 0 Å². The predicted octanol–water partition coefficient (Wildman–Crippen LogP) is 0.413. The van der Waals surface area contributed by atoms with Crippen LogP contribution < -0.4 is 10.6 Å². The van der Waals surface area contributed by atoms with Crippen LogP contribution in [0.1, 0.15) is 32.6 Å². The molecule has 0 aromatic carbocycles. The van der Waals surface area contributed by atoms with E-state index in [-0.39, 0.29) is 17.7 Å². The smallest absolute Gasteiger partial charge is 0.236 e. The van der Waals surface area contributed by atoms with Crippen LogP contribution in [0.2, 0.25) is 0 Å². The van der Waals surface area contributed by atoms with Gasteiger partial charge < -0.3 is 24.8 Å². The van der Waals surface area contributed by atoms with Gasteiger partial charge in [-0.3, -0.25) is 4.79 Å². The van der Waals surface area contributed by atoms with Gasteiger partial charge in [0.05, 0.1) is 25.9 Å². The van der Waals surface area contributed by atoms with Crippen LogP contribution in [-0.4, -0.2) is 57.3 Å². The molecule has 20 heavy (non-hydrogen) atoms. The Labute approximate surface area is 120 Å². The van der Waals surface area contributed by atoms with E-state index in [1.807, 2.05) is 6.92 Å². The van der Waals surface area contributed by atoms with E-state index in [1.165, 1.54) is 0 Å². The summed E-state index contributed by atoms with van der Waals surface area (Å²) in [7, 11) is 1.62. The van der Waals surface area contributed by atoms with Crippen molar-refractivity contribution in [1.82, 2.24) is 10.6 Å². The zero-order valence-corrected chi connectivity index (χ0v) is 12.4. The normalized spacial score (nSPS) is 23.9. The van der Waals surface area contributed by atoms with Crippen molar-refractivity contribution in [3.63, 3.8) is 0 Å². The van der Waals surface area contributed by atoms with Gasteiger partial charge in [-0.15, -0.1) is 0 Å². The molecule has 0 aromatic rings. The molecule has 1 aliphatic carbocycles. The standard InChI is InChI=1S/C14H26N2O4/c1-11(13(17)15-7-8-18-2)16-12-3-5-14(6-4-12)19-9-10-20-14/h11-12,16H,3-10H2,1-2H3,(H,15,17). The highest BCUT2D eigenvalue weighted by molar-refractivity contribution is 5.81. The Bertz CT molecular complexity index is 308. The van der Waals surface area contributed by atoms with E-state index in [0.29, 0.717) is 32.4 Å². The van der Waals surface area contributed by atoms with E-state index in [2.05, 4.69) is 10.6 Å². The Morgan fingerprint density at radius 3 is 2.60 bits per heavy atom. The molecule has 1 saturated carbocycles. The maximum absolute atomic E-state index is 11.9. The number of nitrogens with one attached hydrogen (secondary N) is 2. The van der Waals surface area contributed by atoms with Crippen LogP contribution in [0.4, 0.5) is 0 Å². The van der Waals surface area contributed by atoms with Crippen LogP contribution in [0.3, 0.4) is 0 Å². The van der Waals surface area contributed by atoms with Crippen LogP contribution in [0.25, 0.3) is 0 Å². The van der Waals surface area contributed by atoms with Crippen molar-refractivity contribution in [3.05, 3.63) is 0 Å². The van der Waals surface area contributed by atoms with Gasteiger partial charge >= 0.3 is 0 Å². The van der Waals surface area contributed by atoms with Gasteiger partial charge in [-0.05, 0) is 19.8 Å². The summed E-state index contributed by atoms with van der Waals surface area (Å²) in [6.45, 7) is 4.40. The van der Waals surface area contributed by atoms with Gasteiger partial charge in [0.25, 0.3) is 0 Å². The van der Waals surface area contributed by atoms with Crippen LogP contribution in [0.5, 0.6) is 0 Å². The third kappa shape index (κ3) is 4.15. The molecular formula is C14H26N2O4. The molecular weight excluding hydrogens is 260 g/mol. The monoisotopic (exact) mass is 286 g/mol. The number of rotatable bonds is 6. The number of hydrogen-bond donors (Lipinski definition) is 2. The van der Waals surface area contributed by atoms with Crippen molar-refractivity contribution < 1.29 is 19.0 Å². The van der Waals surface area contributed by atoms with E-state index in [4.69, 9.17) is 14.2 Å². The molecule has 2 fully saturated rings. The summed E-state index contributed by atoms with van der Waals surface area (Å²) in [4.78, 5) is 11.9. The van der Waals surface area contributed by atoms with E-state index >= 15 is 0 Å². The molecule has 1 heterocycles. The number of carbonyl (C=O) groups excluding carboxylic acids is 1. The molecule has 0 bridgehead atoms. The Morgan fingerprint density at radius 1 is 1.35 bits per heavy atom. The van der Waals surface area contributed by atoms with Crippen LogP contribution in [-0.2, 0) is 19.0 Å². The summed E-state index contributed by atoms with van der Waals surface area (Å²) >= 11 is 0. The average molecular weight is 286 g/mol. The molecule has 2 rings (SSSR count). The first-order valence-electron chi connectivity index (χ1n) is 7.46.